The van der Waals surface area contributed by atoms with Gasteiger partial charge in [-0.25, -0.2) is 9.59 Å². The van der Waals surface area contributed by atoms with Gasteiger partial charge in [0.05, 0.1) is 0 Å². The Kier molecular flexibility index (Phi) is 8.36. The zero-order chi connectivity index (χ0) is 26.4. The molecule has 2 aromatic rings. The van der Waals surface area contributed by atoms with E-state index in [1.165, 1.54) is 11.1 Å². The van der Waals surface area contributed by atoms with Crippen LogP contribution < -0.4 is 10.6 Å². The van der Waals surface area contributed by atoms with E-state index in [4.69, 9.17) is 9.47 Å². The van der Waals surface area contributed by atoms with E-state index in [2.05, 4.69) is 34.9 Å². The number of likely N-dealkylation sites (tertiary alicyclic amines) is 1. The zero-order valence-electron chi connectivity index (χ0n) is 21.9. The van der Waals surface area contributed by atoms with Crippen LogP contribution in [0, 0.1) is 0 Å². The van der Waals surface area contributed by atoms with Gasteiger partial charge in [0.25, 0.3) is 0 Å². The van der Waals surface area contributed by atoms with Gasteiger partial charge < -0.3 is 25.0 Å². The molecule has 8 nitrogen and oxygen atoms in total. The second kappa shape index (κ2) is 11.7. The highest BCUT2D eigenvalue weighted by atomic mass is 16.6. The van der Waals surface area contributed by atoms with E-state index in [1.54, 1.807) is 25.7 Å². The molecule has 2 aromatic carbocycles. The number of fused-ring (bicyclic) bond motifs is 3. The van der Waals surface area contributed by atoms with E-state index in [0.717, 1.165) is 30.4 Å². The molecule has 37 heavy (non-hydrogen) atoms. The first-order chi connectivity index (χ1) is 17.7. The van der Waals surface area contributed by atoms with Crippen LogP contribution in [-0.4, -0.2) is 60.9 Å². The molecule has 0 radical (unpaired) electrons. The normalized spacial score (nSPS) is 15.8. The van der Waals surface area contributed by atoms with Crippen molar-refractivity contribution >= 4 is 18.1 Å². The highest BCUT2D eigenvalue weighted by Gasteiger charge is 2.30. The molecular weight excluding hydrogens is 470 g/mol. The Labute approximate surface area is 218 Å². The maximum Gasteiger partial charge on any atom is 0.408 e. The summed E-state index contributed by atoms with van der Waals surface area (Å²) in [5.41, 5.74) is 3.94. The van der Waals surface area contributed by atoms with Crippen molar-refractivity contribution in [1.82, 2.24) is 15.5 Å². The smallest absolute Gasteiger partial charge is 0.408 e. The third kappa shape index (κ3) is 6.81. The number of ether oxygens (including phenoxy) is 2. The lowest BCUT2D eigenvalue weighted by Crippen LogP contribution is -2.52. The van der Waals surface area contributed by atoms with Crippen LogP contribution in [0.15, 0.2) is 48.5 Å². The molecule has 198 valence electrons. The fraction of sp³-hybridized carbons (Fsp3) is 0.483. The Morgan fingerprint density at radius 3 is 2.11 bits per heavy atom. The first-order valence-electron chi connectivity index (χ1n) is 13.1. The Hall–Kier alpha value is -3.55. The molecule has 1 fully saturated rings. The maximum atomic E-state index is 13.1. The number of amides is 3. The van der Waals surface area contributed by atoms with Gasteiger partial charge in [-0.15, -0.1) is 0 Å². The number of alkyl carbamates (subject to hydrolysis) is 2. The van der Waals surface area contributed by atoms with E-state index >= 15 is 0 Å². The van der Waals surface area contributed by atoms with Crippen molar-refractivity contribution in [3.8, 4) is 11.1 Å². The quantitative estimate of drug-likeness (QED) is 0.560. The Balaban J connectivity index is 1.32. The number of nitrogens with zero attached hydrogens (tertiary/aromatic N) is 1. The molecule has 1 aliphatic heterocycles. The highest BCUT2D eigenvalue weighted by Crippen LogP contribution is 2.44. The average molecular weight is 508 g/mol. The fourth-order valence-electron chi connectivity index (χ4n) is 5.01. The van der Waals surface area contributed by atoms with Gasteiger partial charge in [0.1, 0.15) is 18.2 Å². The van der Waals surface area contributed by atoms with Crippen LogP contribution in [0.2, 0.25) is 0 Å². The molecule has 1 heterocycles. The predicted octanol–water partition coefficient (Wildman–Crippen LogP) is 4.82. The van der Waals surface area contributed by atoms with Gasteiger partial charge in [0.2, 0.25) is 5.91 Å². The van der Waals surface area contributed by atoms with Crippen molar-refractivity contribution in [2.45, 2.75) is 64.0 Å². The minimum absolute atomic E-state index is 0.0274. The van der Waals surface area contributed by atoms with Gasteiger partial charge in [-0.1, -0.05) is 48.5 Å². The average Bonchev–Trinajstić information content (AvgIpc) is 3.19. The monoisotopic (exact) mass is 507 g/mol. The molecule has 1 atom stereocenters. The Morgan fingerprint density at radius 2 is 1.51 bits per heavy atom. The summed E-state index contributed by atoms with van der Waals surface area (Å²) in [7, 11) is 0. The second-order valence-corrected chi connectivity index (χ2v) is 10.6. The van der Waals surface area contributed by atoms with E-state index in [1.807, 2.05) is 24.3 Å². The SMILES string of the molecule is CC(C)(C)OC(=O)N[C@@H](CCNC(=O)OCC1c2ccccc2-c2ccccc21)C(=O)N1CCCCC1. The van der Waals surface area contributed by atoms with Crippen molar-refractivity contribution < 1.29 is 23.9 Å². The van der Waals surface area contributed by atoms with Crippen LogP contribution in [0.4, 0.5) is 9.59 Å². The third-order valence-corrected chi connectivity index (χ3v) is 6.70. The summed E-state index contributed by atoms with van der Waals surface area (Å²) in [4.78, 5) is 39.8. The molecule has 8 heteroatoms. The number of carbonyl (C=O) groups is 3. The molecule has 4 rings (SSSR count). The highest BCUT2D eigenvalue weighted by molar-refractivity contribution is 5.86. The van der Waals surface area contributed by atoms with Crippen molar-refractivity contribution in [1.29, 1.82) is 0 Å². The van der Waals surface area contributed by atoms with Crippen LogP contribution in [0.5, 0.6) is 0 Å². The molecular formula is C29H37N3O5. The number of piperidine rings is 1. The lowest BCUT2D eigenvalue weighted by molar-refractivity contribution is -0.134. The molecule has 0 aromatic heterocycles. The van der Waals surface area contributed by atoms with E-state index in [0.29, 0.717) is 13.1 Å². The van der Waals surface area contributed by atoms with Gasteiger partial charge >= 0.3 is 12.2 Å². The number of carbonyl (C=O) groups excluding carboxylic acids is 3. The van der Waals surface area contributed by atoms with Gasteiger partial charge in [-0.05, 0) is 68.7 Å². The van der Waals surface area contributed by atoms with Gasteiger partial charge in [-0.2, -0.15) is 0 Å². The Morgan fingerprint density at radius 1 is 0.919 bits per heavy atom. The van der Waals surface area contributed by atoms with Crippen molar-refractivity contribution in [3.05, 3.63) is 59.7 Å². The summed E-state index contributed by atoms with van der Waals surface area (Å²) >= 11 is 0. The van der Waals surface area contributed by atoms with E-state index < -0.39 is 23.8 Å². The van der Waals surface area contributed by atoms with Gasteiger partial charge in [0, 0.05) is 25.6 Å². The third-order valence-electron chi connectivity index (χ3n) is 6.70. The van der Waals surface area contributed by atoms with Crippen LogP contribution >= 0.6 is 0 Å². The minimum atomic E-state index is -0.790. The van der Waals surface area contributed by atoms with E-state index in [9.17, 15) is 14.4 Å². The lowest BCUT2D eigenvalue weighted by Gasteiger charge is -2.31. The van der Waals surface area contributed by atoms with Crippen molar-refractivity contribution in [3.63, 3.8) is 0 Å². The van der Waals surface area contributed by atoms with Crippen LogP contribution in [0.1, 0.15) is 63.5 Å². The standard InChI is InChI=1S/C29H37N3O5/c1-29(2,3)37-28(35)31-25(26(33)32-17-9-4-10-18-32)15-16-30-27(34)36-19-24-22-13-7-5-11-20(22)21-12-6-8-14-23(21)24/h5-8,11-14,24-25H,4,9-10,15-19H2,1-3H3,(H,30,34)(H,31,35)/t25-/m0/s1. The number of nitrogens with one attached hydrogen (secondary N) is 2. The first kappa shape index (κ1) is 26.5. The summed E-state index contributed by atoms with van der Waals surface area (Å²) in [5.74, 6) is -0.180. The molecule has 1 saturated heterocycles. The summed E-state index contributed by atoms with van der Waals surface area (Å²) in [6.07, 6.45) is 2.02. The maximum absolute atomic E-state index is 13.1. The molecule has 0 saturated carbocycles. The summed E-state index contributed by atoms with van der Waals surface area (Å²) in [6.45, 7) is 7.05. The number of rotatable bonds is 7. The number of hydrogen-bond donors (Lipinski definition) is 2. The molecule has 2 aliphatic rings. The largest absolute Gasteiger partial charge is 0.449 e. The molecule has 3 amide bonds. The first-order valence-corrected chi connectivity index (χ1v) is 13.1. The molecule has 0 unspecified atom stereocenters. The molecule has 1 aliphatic carbocycles. The lowest BCUT2D eigenvalue weighted by atomic mass is 9.98. The summed E-state index contributed by atoms with van der Waals surface area (Å²) < 4.78 is 10.9. The van der Waals surface area contributed by atoms with Crippen molar-refractivity contribution in [2.24, 2.45) is 0 Å². The molecule has 0 bridgehead atoms. The molecule has 0 spiro atoms. The fourth-order valence-corrected chi connectivity index (χ4v) is 5.01. The number of hydrogen-bond acceptors (Lipinski definition) is 5. The number of benzene rings is 2. The summed E-state index contributed by atoms with van der Waals surface area (Å²) in [6, 6.07) is 15.5. The minimum Gasteiger partial charge on any atom is -0.449 e. The van der Waals surface area contributed by atoms with Crippen LogP contribution in [0.3, 0.4) is 0 Å². The predicted molar refractivity (Wildman–Crippen MR) is 141 cm³/mol. The topological polar surface area (TPSA) is 97.0 Å². The van der Waals surface area contributed by atoms with E-state index in [-0.39, 0.29) is 31.4 Å². The Bertz CT molecular complexity index is 1080. The van der Waals surface area contributed by atoms with Gasteiger partial charge in [-0.3, -0.25) is 4.79 Å². The van der Waals surface area contributed by atoms with Crippen molar-refractivity contribution in [2.75, 3.05) is 26.2 Å². The summed E-state index contributed by atoms with van der Waals surface area (Å²) in [5, 5.41) is 5.44. The molecule has 2 N–H and O–H groups in total. The van der Waals surface area contributed by atoms with Crippen LogP contribution in [-0.2, 0) is 14.3 Å². The second-order valence-electron chi connectivity index (χ2n) is 10.6. The van der Waals surface area contributed by atoms with Crippen LogP contribution in [0.25, 0.3) is 11.1 Å². The zero-order valence-corrected chi connectivity index (χ0v) is 21.9. The van der Waals surface area contributed by atoms with Gasteiger partial charge in [0.15, 0.2) is 0 Å².